The summed E-state index contributed by atoms with van der Waals surface area (Å²) in [5, 5.41) is 8.93. The minimum Gasteiger partial charge on any atom is -0.478 e. The second kappa shape index (κ2) is 5.18. The molecule has 0 atom stereocenters. The number of pyridine rings is 1. The van der Waals surface area contributed by atoms with Crippen molar-refractivity contribution in [1.29, 1.82) is 0 Å². The minimum atomic E-state index is -0.979. The van der Waals surface area contributed by atoms with Gasteiger partial charge in [0.15, 0.2) is 0 Å². The maximum Gasteiger partial charge on any atom is 0.335 e. The number of rotatable bonds is 3. The first kappa shape index (κ1) is 12.6. The molecule has 0 amide bonds. The molecule has 0 saturated heterocycles. The first-order chi connectivity index (χ1) is 8.56. The maximum atomic E-state index is 10.9. The van der Waals surface area contributed by atoms with Gasteiger partial charge in [0.25, 0.3) is 0 Å². The predicted octanol–water partition coefficient (Wildman–Crippen LogP) is 3.64. The van der Waals surface area contributed by atoms with Gasteiger partial charge in [0, 0.05) is 10.7 Å². The van der Waals surface area contributed by atoms with Gasteiger partial charge in [-0.15, -0.1) is 0 Å². The van der Waals surface area contributed by atoms with Crippen LogP contribution in [0.15, 0.2) is 41.1 Å². The molecule has 0 bridgehead atoms. The van der Waals surface area contributed by atoms with Crippen LogP contribution in [0.3, 0.4) is 0 Å². The minimum absolute atomic E-state index is 0.193. The molecule has 2 aromatic rings. The van der Waals surface area contributed by atoms with E-state index in [1.165, 1.54) is 6.07 Å². The summed E-state index contributed by atoms with van der Waals surface area (Å²) in [6.45, 7) is 1.85. The first-order valence-corrected chi connectivity index (χ1v) is 5.98. The standard InChI is InChI=1S/C13H10BrNO3/c1-8-2-3-9(13(16)17)4-12(8)18-11-5-10(14)6-15-7-11/h2-7H,1H3,(H,16,17). The van der Waals surface area contributed by atoms with E-state index in [-0.39, 0.29) is 5.56 Å². The molecule has 0 fully saturated rings. The number of benzene rings is 1. The van der Waals surface area contributed by atoms with Crippen molar-refractivity contribution >= 4 is 21.9 Å². The number of ether oxygens (including phenoxy) is 1. The van der Waals surface area contributed by atoms with Crippen molar-refractivity contribution in [3.05, 3.63) is 52.3 Å². The number of carbonyl (C=O) groups is 1. The predicted molar refractivity (Wildman–Crippen MR) is 70.1 cm³/mol. The highest BCUT2D eigenvalue weighted by Gasteiger charge is 2.08. The van der Waals surface area contributed by atoms with Crippen molar-refractivity contribution in [2.45, 2.75) is 6.92 Å². The number of aryl methyl sites for hydroxylation is 1. The normalized spacial score (nSPS) is 10.1. The molecule has 1 aromatic carbocycles. The summed E-state index contributed by atoms with van der Waals surface area (Å²) in [5.74, 6) is 0.0806. The van der Waals surface area contributed by atoms with Crippen LogP contribution in [0.1, 0.15) is 15.9 Å². The quantitative estimate of drug-likeness (QED) is 0.940. The monoisotopic (exact) mass is 307 g/mol. The van der Waals surface area contributed by atoms with E-state index in [9.17, 15) is 4.79 Å². The Morgan fingerprint density at radius 3 is 2.78 bits per heavy atom. The van der Waals surface area contributed by atoms with Gasteiger partial charge < -0.3 is 9.84 Å². The van der Waals surface area contributed by atoms with E-state index in [4.69, 9.17) is 9.84 Å². The average Bonchev–Trinajstić information content (AvgIpc) is 2.31. The van der Waals surface area contributed by atoms with Gasteiger partial charge in [-0.25, -0.2) is 4.79 Å². The van der Waals surface area contributed by atoms with Gasteiger partial charge >= 0.3 is 5.97 Å². The number of aromatic nitrogens is 1. The maximum absolute atomic E-state index is 10.9. The zero-order valence-corrected chi connectivity index (χ0v) is 11.1. The third kappa shape index (κ3) is 2.87. The van der Waals surface area contributed by atoms with E-state index < -0.39 is 5.97 Å². The molecule has 0 spiro atoms. The van der Waals surface area contributed by atoms with Crippen LogP contribution in [0.2, 0.25) is 0 Å². The molecular formula is C13H10BrNO3. The number of hydrogen-bond donors (Lipinski definition) is 1. The molecule has 1 heterocycles. The van der Waals surface area contributed by atoms with Crippen molar-refractivity contribution in [1.82, 2.24) is 4.98 Å². The SMILES string of the molecule is Cc1ccc(C(=O)O)cc1Oc1cncc(Br)c1. The van der Waals surface area contributed by atoms with Crippen LogP contribution in [0, 0.1) is 6.92 Å². The highest BCUT2D eigenvalue weighted by molar-refractivity contribution is 9.10. The molecule has 4 nitrogen and oxygen atoms in total. The second-order valence-electron chi connectivity index (χ2n) is 3.73. The number of halogens is 1. The van der Waals surface area contributed by atoms with Crippen LogP contribution >= 0.6 is 15.9 Å². The van der Waals surface area contributed by atoms with Gasteiger partial charge in [-0.1, -0.05) is 6.07 Å². The largest absolute Gasteiger partial charge is 0.478 e. The third-order valence-corrected chi connectivity index (χ3v) is 2.78. The summed E-state index contributed by atoms with van der Waals surface area (Å²) in [4.78, 5) is 14.9. The van der Waals surface area contributed by atoms with Gasteiger partial charge in [-0.3, -0.25) is 4.98 Å². The fourth-order valence-electron chi connectivity index (χ4n) is 1.42. The fourth-order valence-corrected chi connectivity index (χ4v) is 1.76. The lowest BCUT2D eigenvalue weighted by Crippen LogP contribution is -1.97. The van der Waals surface area contributed by atoms with E-state index in [1.54, 1.807) is 30.6 Å². The van der Waals surface area contributed by atoms with Crippen molar-refractivity contribution in [3.8, 4) is 11.5 Å². The molecule has 1 N–H and O–H groups in total. The molecule has 2 rings (SSSR count). The Kier molecular flexibility index (Phi) is 3.62. The number of hydrogen-bond acceptors (Lipinski definition) is 3. The van der Waals surface area contributed by atoms with E-state index in [0.717, 1.165) is 10.0 Å². The average molecular weight is 308 g/mol. The van der Waals surface area contributed by atoms with Crippen LogP contribution in [-0.4, -0.2) is 16.1 Å². The van der Waals surface area contributed by atoms with Gasteiger partial charge in [-0.2, -0.15) is 0 Å². The second-order valence-corrected chi connectivity index (χ2v) is 4.64. The molecule has 0 aliphatic rings. The van der Waals surface area contributed by atoms with Crippen molar-refractivity contribution in [2.75, 3.05) is 0 Å². The van der Waals surface area contributed by atoms with E-state index in [2.05, 4.69) is 20.9 Å². The zero-order valence-electron chi connectivity index (χ0n) is 9.55. The first-order valence-electron chi connectivity index (χ1n) is 5.18. The molecule has 1 aromatic heterocycles. The highest BCUT2D eigenvalue weighted by Crippen LogP contribution is 2.27. The van der Waals surface area contributed by atoms with Gasteiger partial charge in [0.1, 0.15) is 11.5 Å². The van der Waals surface area contributed by atoms with E-state index in [1.807, 2.05) is 6.92 Å². The number of nitrogens with zero attached hydrogens (tertiary/aromatic N) is 1. The van der Waals surface area contributed by atoms with Gasteiger partial charge in [0.05, 0.1) is 11.8 Å². The third-order valence-electron chi connectivity index (χ3n) is 2.34. The Labute approximate surface area is 112 Å². The van der Waals surface area contributed by atoms with Crippen molar-refractivity contribution in [2.24, 2.45) is 0 Å². The van der Waals surface area contributed by atoms with Crippen LogP contribution in [0.25, 0.3) is 0 Å². The summed E-state index contributed by atoms with van der Waals surface area (Å²) in [7, 11) is 0. The van der Waals surface area contributed by atoms with Crippen molar-refractivity contribution in [3.63, 3.8) is 0 Å². The number of carboxylic acid groups (broad SMARTS) is 1. The van der Waals surface area contributed by atoms with E-state index >= 15 is 0 Å². The molecule has 0 unspecified atom stereocenters. The lowest BCUT2D eigenvalue weighted by molar-refractivity contribution is 0.0696. The molecule has 0 aliphatic heterocycles. The van der Waals surface area contributed by atoms with Crippen molar-refractivity contribution < 1.29 is 14.6 Å². The summed E-state index contributed by atoms with van der Waals surface area (Å²) < 4.78 is 6.42. The lowest BCUT2D eigenvalue weighted by atomic mass is 10.1. The highest BCUT2D eigenvalue weighted by atomic mass is 79.9. The van der Waals surface area contributed by atoms with Gasteiger partial charge in [0.2, 0.25) is 0 Å². The smallest absolute Gasteiger partial charge is 0.335 e. The fraction of sp³-hybridized carbons (Fsp3) is 0.0769. The van der Waals surface area contributed by atoms with Crippen LogP contribution < -0.4 is 4.74 Å². The molecule has 0 radical (unpaired) electrons. The van der Waals surface area contributed by atoms with Crippen LogP contribution in [0.4, 0.5) is 0 Å². The molecule has 18 heavy (non-hydrogen) atoms. The molecule has 5 heteroatoms. The van der Waals surface area contributed by atoms with E-state index in [0.29, 0.717) is 11.5 Å². The summed E-state index contributed by atoms with van der Waals surface area (Å²) in [5.41, 5.74) is 1.05. The Balaban J connectivity index is 2.33. The number of aromatic carboxylic acids is 1. The molecule has 0 saturated carbocycles. The lowest BCUT2D eigenvalue weighted by Gasteiger charge is -2.09. The molecule has 92 valence electrons. The Morgan fingerprint density at radius 2 is 2.11 bits per heavy atom. The van der Waals surface area contributed by atoms with Gasteiger partial charge in [-0.05, 0) is 46.6 Å². The number of carboxylic acids is 1. The Morgan fingerprint density at radius 1 is 1.33 bits per heavy atom. The Hall–Kier alpha value is -1.88. The van der Waals surface area contributed by atoms with Crippen LogP contribution in [0.5, 0.6) is 11.5 Å². The summed E-state index contributed by atoms with van der Waals surface area (Å²) in [6.07, 6.45) is 3.21. The zero-order chi connectivity index (χ0) is 13.1. The molecule has 0 aliphatic carbocycles. The summed E-state index contributed by atoms with van der Waals surface area (Å²) in [6, 6.07) is 6.52. The summed E-state index contributed by atoms with van der Waals surface area (Å²) >= 11 is 3.30. The Bertz CT molecular complexity index is 599. The van der Waals surface area contributed by atoms with Crippen LogP contribution in [-0.2, 0) is 0 Å². The molecular weight excluding hydrogens is 298 g/mol. The topological polar surface area (TPSA) is 59.4 Å².